The monoisotopic (exact) mass is 601 g/mol. The standard InChI is InChI=1S/C35H39N9O/c1-24-7-5-14-37-33(24)31-9-4-10-32(34-25(2)8-6-15-38-34)44(31)18-17-43-22-29(21-40-43)41-35-39-16-13-30(42-35)27-11-12-28(20-36-23-45)26(3)19-27/h5-8,11-16,19,21-23,31-32H,4,9-10,17-18,20H2,1-3H3,(H,36,45)(H,39,41,42). The van der Waals surface area contributed by atoms with E-state index in [-0.39, 0.29) is 12.1 Å². The van der Waals surface area contributed by atoms with Gasteiger partial charge in [-0.25, -0.2) is 9.97 Å². The van der Waals surface area contributed by atoms with Crippen molar-refractivity contribution in [3.05, 3.63) is 113 Å². The number of amides is 1. The van der Waals surface area contributed by atoms with Crippen LogP contribution in [0, 0.1) is 20.8 Å². The van der Waals surface area contributed by atoms with Crippen molar-refractivity contribution >= 4 is 18.0 Å². The number of carbonyl (C=O) groups excluding carboxylic acids is 1. The molecule has 1 fully saturated rings. The number of nitrogens with zero attached hydrogens (tertiary/aromatic N) is 7. The van der Waals surface area contributed by atoms with Crippen LogP contribution in [0.5, 0.6) is 0 Å². The van der Waals surface area contributed by atoms with Gasteiger partial charge in [-0.05, 0) is 86.6 Å². The summed E-state index contributed by atoms with van der Waals surface area (Å²) in [6.07, 6.45) is 13.4. The Bertz CT molecular complexity index is 1710. The SMILES string of the molecule is Cc1cc(-c2ccnc(Nc3cnn(CCN4C(c5ncccc5C)CCCC4c4ncccc4C)c3)n2)ccc1CNC=O. The van der Waals surface area contributed by atoms with Gasteiger partial charge in [-0.1, -0.05) is 24.3 Å². The highest BCUT2D eigenvalue weighted by atomic mass is 16.1. The number of hydrogen-bond donors (Lipinski definition) is 2. The van der Waals surface area contributed by atoms with Crippen molar-refractivity contribution in [1.82, 2.24) is 39.9 Å². The minimum absolute atomic E-state index is 0.217. The molecule has 5 aromatic rings. The predicted molar refractivity (Wildman–Crippen MR) is 175 cm³/mol. The van der Waals surface area contributed by atoms with E-state index in [0.717, 1.165) is 71.8 Å². The molecule has 10 nitrogen and oxygen atoms in total. The number of carbonyl (C=O) groups is 1. The fourth-order valence-electron chi connectivity index (χ4n) is 6.33. The molecule has 0 radical (unpaired) electrons. The number of nitrogens with one attached hydrogen (secondary N) is 2. The van der Waals surface area contributed by atoms with Gasteiger partial charge in [0.15, 0.2) is 0 Å². The molecule has 0 bridgehead atoms. The highest BCUT2D eigenvalue weighted by Crippen LogP contribution is 2.42. The average Bonchev–Trinajstić information content (AvgIpc) is 3.50. The fraction of sp³-hybridized carbons (Fsp3) is 0.314. The van der Waals surface area contributed by atoms with Crippen molar-refractivity contribution in [2.75, 3.05) is 11.9 Å². The zero-order valence-electron chi connectivity index (χ0n) is 26.0. The molecule has 2 N–H and O–H groups in total. The second-order valence-electron chi connectivity index (χ2n) is 11.6. The summed E-state index contributed by atoms with van der Waals surface area (Å²) in [6, 6.07) is 16.8. The summed E-state index contributed by atoms with van der Waals surface area (Å²) in [5.74, 6) is 0.504. The Balaban J connectivity index is 1.18. The molecule has 4 aromatic heterocycles. The maximum atomic E-state index is 10.7. The van der Waals surface area contributed by atoms with Crippen LogP contribution in [0.4, 0.5) is 11.6 Å². The Labute approximate surface area is 264 Å². The Kier molecular flexibility index (Phi) is 9.21. The number of piperidine rings is 1. The number of pyridine rings is 2. The molecule has 230 valence electrons. The van der Waals surface area contributed by atoms with E-state index in [1.807, 2.05) is 66.7 Å². The van der Waals surface area contributed by atoms with Crippen LogP contribution < -0.4 is 10.6 Å². The highest BCUT2D eigenvalue weighted by molar-refractivity contribution is 5.63. The van der Waals surface area contributed by atoms with Crippen LogP contribution in [0.3, 0.4) is 0 Å². The number of aryl methyl sites for hydroxylation is 3. The Morgan fingerprint density at radius 2 is 1.60 bits per heavy atom. The molecule has 5 heterocycles. The van der Waals surface area contributed by atoms with Crippen molar-refractivity contribution in [2.24, 2.45) is 0 Å². The van der Waals surface area contributed by atoms with Gasteiger partial charge in [-0.2, -0.15) is 5.10 Å². The van der Waals surface area contributed by atoms with E-state index in [4.69, 9.17) is 15.0 Å². The van der Waals surface area contributed by atoms with Crippen LogP contribution in [0.1, 0.15) is 65.0 Å². The first-order chi connectivity index (χ1) is 22.0. The third-order valence-electron chi connectivity index (χ3n) is 8.63. The third-order valence-corrected chi connectivity index (χ3v) is 8.63. The maximum absolute atomic E-state index is 10.7. The van der Waals surface area contributed by atoms with Gasteiger partial charge < -0.3 is 10.6 Å². The molecule has 2 unspecified atom stereocenters. The number of anilines is 2. The number of hydrogen-bond acceptors (Lipinski definition) is 8. The summed E-state index contributed by atoms with van der Waals surface area (Å²) in [5, 5.41) is 10.7. The van der Waals surface area contributed by atoms with Crippen LogP contribution in [0.2, 0.25) is 0 Å². The smallest absolute Gasteiger partial charge is 0.227 e. The lowest BCUT2D eigenvalue weighted by Crippen LogP contribution is -2.39. The number of aromatic nitrogens is 6. The van der Waals surface area contributed by atoms with Gasteiger partial charge in [0, 0.05) is 43.4 Å². The second-order valence-corrected chi connectivity index (χ2v) is 11.6. The van der Waals surface area contributed by atoms with E-state index in [0.29, 0.717) is 18.9 Å². The molecule has 2 atom stereocenters. The minimum Gasteiger partial charge on any atom is -0.355 e. The van der Waals surface area contributed by atoms with E-state index in [1.54, 1.807) is 6.20 Å². The molecule has 1 aliphatic heterocycles. The van der Waals surface area contributed by atoms with E-state index in [2.05, 4.69) is 57.7 Å². The van der Waals surface area contributed by atoms with Gasteiger partial charge >= 0.3 is 0 Å². The summed E-state index contributed by atoms with van der Waals surface area (Å²) in [4.78, 5) is 32.1. The van der Waals surface area contributed by atoms with E-state index < -0.39 is 0 Å². The predicted octanol–water partition coefficient (Wildman–Crippen LogP) is 6.01. The normalized spacial score (nSPS) is 16.8. The van der Waals surface area contributed by atoms with Gasteiger partial charge in [-0.15, -0.1) is 0 Å². The van der Waals surface area contributed by atoms with Gasteiger partial charge in [0.05, 0.1) is 47.6 Å². The summed E-state index contributed by atoms with van der Waals surface area (Å²) in [7, 11) is 0. The number of benzene rings is 1. The van der Waals surface area contributed by atoms with E-state index in [9.17, 15) is 4.79 Å². The summed E-state index contributed by atoms with van der Waals surface area (Å²) < 4.78 is 1.97. The second kappa shape index (κ2) is 13.8. The van der Waals surface area contributed by atoms with Crippen LogP contribution in [0.15, 0.2) is 79.5 Å². The van der Waals surface area contributed by atoms with Crippen molar-refractivity contribution in [2.45, 2.75) is 65.2 Å². The number of likely N-dealkylation sites (tertiary alicyclic amines) is 1. The molecular weight excluding hydrogens is 562 g/mol. The van der Waals surface area contributed by atoms with Gasteiger partial charge in [0.25, 0.3) is 0 Å². The van der Waals surface area contributed by atoms with Crippen molar-refractivity contribution in [3.8, 4) is 11.3 Å². The quantitative estimate of drug-likeness (QED) is 0.177. The van der Waals surface area contributed by atoms with Crippen LogP contribution in [-0.4, -0.2) is 47.6 Å². The lowest BCUT2D eigenvalue weighted by Gasteiger charge is -2.42. The molecule has 0 saturated carbocycles. The number of rotatable bonds is 11. The first kappa shape index (κ1) is 30.1. The molecule has 1 saturated heterocycles. The zero-order chi connectivity index (χ0) is 31.2. The molecule has 1 amide bonds. The molecule has 45 heavy (non-hydrogen) atoms. The van der Waals surface area contributed by atoms with E-state index >= 15 is 0 Å². The molecule has 0 aliphatic carbocycles. The Morgan fingerprint density at radius 3 is 2.27 bits per heavy atom. The van der Waals surface area contributed by atoms with Crippen molar-refractivity contribution in [1.29, 1.82) is 0 Å². The summed E-state index contributed by atoms with van der Waals surface area (Å²) in [5.41, 5.74) is 9.53. The van der Waals surface area contributed by atoms with Gasteiger partial charge in [0.1, 0.15) is 0 Å². The molecule has 10 heteroatoms. The molecule has 6 rings (SSSR count). The molecule has 1 aromatic carbocycles. The zero-order valence-corrected chi connectivity index (χ0v) is 26.0. The topological polar surface area (TPSA) is 114 Å². The summed E-state index contributed by atoms with van der Waals surface area (Å²) >= 11 is 0. The van der Waals surface area contributed by atoms with Gasteiger partial charge in [-0.3, -0.25) is 24.3 Å². The average molecular weight is 602 g/mol. The lowest BCUT2D eigenvalue weighted by molar-refractivity contribution is -0.109. The van der Waals surface area contributed by atoms with Crippen LogP contribution >= 0.6 is 0 Å². The van der Waals surface area contributed by atoms with Gasteiger partial charge in [0.2, 0.25) is 12.4 Å². The summed E-state index contributed by atoms with van der Waals surface area (Å²) in [6.45, 7) is 8.37. The first-order valence-electron chi connectivity index (χ1n) is 15.5. The lowest BCUT2D eigenvalue weighted by atomic mass is 9.89. The molecule has 0 spiro atoms. The van der Waals surface area contributed by atoms with Crippen LogP contribution in [0.25, 0.3) is 11.3 Å². The highest BCUT2D eigenvalue weighted by Gasteiger charge is 2.35. The third kappa shape index (κ3) is 6.91. The Morgan fingerprint density at radius 1 is 0.867 bits per heavy atom. The van der Waals surface area contributed by atoms with Crippen molar-refractivity contribution in [3.63, 3.8) is 0 Å². The maximum Gasteiger partial charge on any atom is 0.227 e. The fourth-order valence-corrected chi connectivity index (χ4v) is 6.33. The first-order valence-corrected chi connectivity index (χ1v) is 15.5. The Hall–Kier alpha value is -4.96. The van der Waals surface area contributed by atoms with Crippen LogP contribution in [-0.2, 0) is 17.9 Å². The minimum atomic E-state index is 0.217. The molecule has 1 aliphatic rings. The molecular formula is C35H39N9O. The van der Waals surface area contributed by atoms with Crippen molar-refractivity contribution < 1.29 is 4.79 Å². The largest absolute Gasteiger partial charge is 0.355 e. The van der Waals surface area contributed by atoms with E-state index in [1.165, 1.54) is 11.1 Å².